The van der Waals surface area contributed by atoms with Gasteiger partial charge in [-0.15, -0.1) is 0 Å². The maximum absolute atomic E-state index is 6.92. The zero-order valence-electron chi connectivity index (χ0n) is 32.2. The van der Waals surface area contributed by atoms with E-state index in [4.69, 9.17) is 14.7 Å². The van der Waals surface area contributed by atoms with E-state index in [-0.39, 0.29) is 0 Å². The highest BCUT2D eigenvalue weighted by Crippen LogP contribution is 2.84. The van der Waals surface area contributed by atoms with E-state index in [1.807, 2.05) is 0 Å². The van der Waals surface area contributed by atoms with E-state index in [0.29, 0.717) is 10.8 Å². The third-order valence-corrected chi connectivity index (χ3v) is 16.0. The number of para-hydroxylation sites is 1. The first-order valence-electron chi connectivity index (χ1n) is 21.2. The molecule has 1 aliphatic heterocycles. The number of hydrogen-bond acceptors (Lipinski definition) is 3. The second-order valence-corrected chi connectivity index (χ2v) is 18.3. The lowest BCUT2D eigenvalue weighted by Gasteiger charge is -2.66. The quantitative estimate of drug-likeness (QED) is 0.180. The molecule has 0 radical (unpaired) electrons. The molecule has 5 aliphatic carbocycles. The molecule has 5 atom stereocenters. The van der Waals surface area contributed by atoms with Crippen LogP contribution in [0.3, 0.4) is 0 Å². The summed E-state index contributed by atoms with van der Waals surface area (Å²) in [7, 11) is 0. The van der Waals surface area contributed by atoms with E-state index < -0.39 is 5.41 Å². The molecule has 14 rings (SSSR count). The molecule has 276 valence electrons. The van der Waals surface area contributed by atoms with Crippen LogP contribution in [0.15, 0.2) is 164 Å². The monoisotopic (exact) mass is 744 g/mol. The Balaban J connectivity index is 0.935. The van der Waals surface area contributed by atoms with Crippen molar-refractivity contribution in [2.45, 2.75) is 42.9 Å². The average Bonchev–Trinajstić information content (AvgIpc) is 3.88. The number of benzene rings is 7. The minimum atomic E-state index is -0.500. The fraction of sp³-hybridized carbons (Fsp3) is 0.200. The molecule has 3 unspecified atom stereocenters. The first-order valence-corrected chi connectivity index (χ1v) is 21.2. The predicted molar refractivity (Wildman–Crippen MR) is 231 cm³/mol. The van der Waals surface area contributed by atoms with Crippen LogP contribution >= 0.6 is 0 Å². The van der Waals surface area contributed by atoms with Crippen LogP contribution in [0.2, 0.25) is 0 Å². The van der Waals surface area contributed by atoms with Crippen LogP contribution in [0.25, 0.3) is 55.8 Å². The number of nitrogens with zero attached hydrogens (tertiary/aromatic N) is 2. The highest BCUT2D eigenvalue weighted by Gasteiger charge is 2.77. The van der Waals surface area contributed by atoms with Crippen molar-refractivity contribution in [3.05, 3.63) is 192 Å². The predicted octanol–water partition coefficient (Wildman–Crippen LogP) is 13.2. The van der Waals surface area contributed by atoms with Gasteiger partial charge >= 0.3 is 0 Å². The highest BCUT2D eigenvalue weighted by molar-refractivity contribution is 5.96. The summed E-state index contributed by atoms with van der Waals surface area (Å²) in [5, 5.41) is 2.39. The van der Waals surface area contributed by atoms with E-state index in [9.17, 15) is 0 Å². The fourth-order valence-corrected chi connectivity index (χ4v) is 13.7. The van der Waals surface area contributed by atoms with Crippen LogP contribution in [0.5, 0.6) is 11.5 Å². The summed E-state index contributed by atoms with van der Waals surface area (Å²) in [4.78, 5) is 10.7. The largest absolute Gasteiger partial charge is 0.457 e. The van der Waals surface area contributed by atoms with Gasteiger partial charge in [-0.3, -0.25) is 0 Å². The van der Waals surface area contributed by atoms with Crippen LogP contribution in [0.1, 0.15) is 59.9 Å². The van der Waals surface area contributed by atoms with Gasteiger partial charge in [0.05, 0.1) is 16.8 Å². The molecule has 6 aliphatic rings. The fourth-order valence-electron chi connectivity index (χ4n) is 13.7. The average molecular weight is 745 g/mol. The molecule has 2 spiro atoms. The van der Waals surface area contributed by atoms with Crippen molar-refractivity contribution in [3.8, 4) is 56.5 Å². The van der Waals surface area contributed by atoms with E-state index in [1.54, 1.807) is 0 Å². The lowest BCUT2D eigenvalue weighted by molar-refractivity contribution is -0.175. The van der Waals surface area contributed by atoms with Crippen molar-refractivity contribution in [3.63, 3.8) is 0 Å². The van der Waals surface area contributed by atoms with Gasteiger partial charge in [0, 0.05) is 27.8 Å². The van der Waals surface area contributed by atoms with Gasteiger partial charge < -0.3 is 4.74 Å². The van der Waals surface area contributed by atoms with E-state index >= 15 is 0 Å². The molecular formula is C55H40N2O. The number of hydrogen-bond donors (Lipinski definition) is 0. The number of ether oxygens (including phenoxy) is 1. The van der Waals surface area contributed by atoms with Crippen molar-refractivity contribution in [2.75, 3.05) is 0 Å². The summed E-state index contributed by atoms with van der Waals surface area (Å²) >= 11 is 0. The van der Waals surface area contributed by atoms with Crippen molar-refractivity contribution >= 4 is 10.8 Å². The molecule has 4 fully saturated rings. The Labute approximate surface area is 338 Å². The standard InChI is InChI=1S/C55H40N2O/c1-2-12-40-33(10-1)11-9-15-43(40)49-29-48(56-52(57-49)34-20-23-36(24-21-34)53-30-38-27-37-28-39(31-53)54(37,38)32-53)35-22-25-47-51(26-35)58-50-19-8-7-18-46(50)55(47)44-16-5-3-13-41(44)42-14-4-6-17-45(42)55/h1-26,29,37-39H,27-28,30-32H2/t37?,38-,39+,53?,54?. The molecule has 0 saturated heterocycles. The van der Waals surface area contributed by atoms with Gasteiger partial charge in [0.2, 0.25) is 0 Å². The van der Waals surface area contributed by atoms with Crippen LogP contribution < -0.4 is 4.74 Å². The Bertz CT molecular complexity index is 3000. The molecule has 3 nitrogen and oxygen atoms in total. The highest BCUT2D eigenvalue weighted by atomic mass is 16.5. The Morgan fingerprint density at radius 1 is 0.483 bits per heavy atom. The van der Waals surface area contributed by atoms with Gasteiger partial charge in [-0.05, 0) is 117 Å². The maximum Gasteiger partial charge on any atom is 0.160 e. The summed E-state index contributed by atoms with van der Waals surface area (Å²) in [6, 6.07) is 59.9. The SMILES string of the molecule is c1ccc2c(c1)Oc1cc(-c3cc(-c4cccc5ccccc45)nc(-c4ccc(C56C[C@H]7CC8C[C@@H](C5)C87C6)cc4)n3)ccc1C21c2ccccc2-c2ccccc21. The summed E-state index contributed by atoms with van der Waals surface area (Å²) in [6.45, 7) is 0. The van der Waals surface area contributed by atoms with E-state index in [0.717, 1.165) is 68.7 Å². The number of aromatic nitrogens is 2. The zero-order valence-corrected chi connectivity index (χ0v) is 32.2. The molecule has 8 aromatic rings. The number of fused-ring (bicyclic) bond motifs is 11. The van der Waals surface area contributed by atoms with Crippen molar-refractivity contribution in [1.82, 2.24) is 9.97 Å². The third-order valence-electron chi connectivity index (χ3n) is 16.0. The Morgan fingerprint density at radius 3 is 1.86 bits per heavy atom. The van der Waals surface area contributed by atoms with Gasteiger partial charge in [-0.2, -0.15) is 0 Å². The zero-order chi connectivity index (χ0) is 37.8. The smallest absolute Gasteiger partial charge is 0.160 e. The topological polar surface area (TPSA) is 35.0 Å². The molecular weight excluding hydrogens is 705 g/mol. The Morgan fingerprint density at radius 2 is 1.10 bits per heavy atom. The van der Waals surface area contributed by atoms with Gasteiger partial charge in [-0.1, -0.05) is 146 Å². The van der Waals surface area contributed by atoms with Crippen LogP contribution in [0, 0.1) is 23.2 Å². The molecule has 0 amide bonds. The molecule has 58 heavy (non-hydrogen) atoms. The molecule has 0 N–H and O–H groups in total. The molecule has 3 heteroatoms. The van der Waals surface area contributed by atoms with Crippen molar-refractivity contribution < 1.29 is 4.74 Å². The van der Waals surface area contributed by atoms with Gasteiger partial charge in [0.15, 0.2) is 5.82 Å². The molecule has 7 aromatic carbocycles. The van der Waals surface area contributed by atoms with Crippen molar-refractivity contribution in [1.29, 1.82) is 0 Å². The van der Waals surface area contributed by atoms with Crippen molar-refractivity contribution in [2.24, 2.45) is 23.2 Å². The maximum atomic E-state index is 6.92. The summed E-state index contributed by atoms with van der Waals surface area (Å²) in [5.41, 5.74) is 14.5. The summed E-state index contributed by atoms with van der Waals surface area (Å²) < 4.78 is 6.92. The Kier molecular flexibility index (Phi) is 6.01. The Hall–Kier alpha value is -6.32. The first kappa shape index (κ1) is 31.7. The molecule has 2 heterocycles. The van der Waals surface area contributed by atoms with Crippen LogP contribution in [0.4, 0.5) is 0 Å². The van der Waals surface area contributed by atoms with Crippen LogP contribution in [-0.4, -0.2) is 9.97 Å². The van der Waals surface area contributed by atoms with Gasteiger partial charge in [0.25, 0.3) is 0 Å². The minimum absolute atomic E-state index is 0.370. The first-order chi connectivity index (χ1) is 28.6. The van der Waals surface area contributed by atoms with Gasteiger partial charge in [0.1, 0.15) is 11.5 Å². The minimum Gasteiger partial charge on any atom is -0.457 e. The van der Waals surface area contributed by atoms with Crippen LogP contribution in [-0.2, 0) is 10.8 Å². The summed E-state index contributed by atoms with van der Waals surface area (Å²) in [5.74, 6) is 5.45. The molecule has 2 bridgehead atoms. The normalized spacial score (nSPS) is 25.5. The molecule has 1 aromatic heterocycles. The third kappa shape index (κ3) is 3.86. The lowest BCUT2D eigenvalue weighted by Crippen LogP contribution is -2.59. The number of rotatable bonds is 4. The molecule has 4 saturated carbocycles. The second kappa shape index (κ2) is 11.0. The lowest BCUT2D eigenvalue weighted by atomic mass is 9.38. The van der Waals surface area contributed by atoms with E-state index in [2.05, 4.69) is 164 Å². The summed E-state index contributed by atoms with van der Waals surface area (Å²) in [6.07, 6.45) is 7.16. The van der Waals surface area contributed by atoms with E-state index in [1.165, 1.54) is 76.3 Å². The van der Waals surface area contributed by atoms with Gasteiger partial charge in [-0.25, -0.2) is 9.97 Å². The second-order valence-electron chi connectivity index (χ2n) is 18.3.